The molecular formula is C13H15Cl2NO. The molecule has 1 N–H and O–H groups in total. The molecule has 2 nitrogen and oxygen atoms in total. The third-order valence-corrected chi connectivity index (χ3v) is 5.02. The third kappa shape index (κ3) is 1.62. The van der Waals surface area contributed by atoms with Crippen molar-refractivity contribution >= 4 is 23.2 Å². The molecule has 3 atom stereocenters. The van der Waals surface area contributed by atoms with Gasteiger partial charge in [-0.1, -0.05) is 29.3 Å². The van der Waals surface area contributed by atoms with Gasteiger partial charge in [0.1, 0.15) is 0 Å². The van der Waals surface area contributed by atoms with Gasteiger partial charge in [-0.05, 0) is 36.1 Å². The molecule has 0 unspecified atom stereocenters. The van der Waals surface area contributed by atoms with E-state index in [0.29, 0.717) is 21.9 Å². The molecule has 1 heterocycles. The number of hydrogen-bond donors (Lipinski definition) is 1. The minimum atomic E-state index is 0.226. The summed E-state index contributed by atoms with van der Waals surface area (Å²) in [6.45, 7) is 2.92. The van der Waals surface area contributed by atoms with Crippen LogP contribution in [0.4, 0.5) is 0 Å². The number of piperidine rings is 1. The van der Waals surface area contributed by atoms with Gasteiger partial charge in [0.15, 0.2) is 0 Å². The fraction of sp³-hybridized carbons (Fsp3) is 0.538. The maximum absolute atomic E-state index is 6.11. The van der Waals surface area contributed by atoms with Gasteiger partial charge in [-0.15, -0.1) is 0 Å². The van der Waals surface area contributed by atoms with Crippen molar-refractivity contribution in [3.05, 3.63) is 33.8 Å². The molecule has 1 aliphatic carbocycles. The van der Waals surface area contributed by atoms with Crippen LogP contribution in [0, 0.1) is 11.8 Å². The Morgan fingerprint density at radius 3 is 2.94 bits per heavy atom. The second-order valence-electron chi connectivity index (χ2n) is 4.97. The molecule has 1 saturated heterocycles. The van der Waals surface area contributed by atoms with Crippen LogP contribution in [0.25, 0.3) is 0 Å². The quantitative estimate of drug-likeness (QED) is 0.913. The summed E-state index contributed by atoms with van der Waals surface area (Å²) in [6, 6.07) is 6.01. The zero-order chi connectivity index (χ0) is 12.0. The van der Waals surface area contributed by atoms with E-state index in [1.54, 1.807) is 7.11 Å². The van der Waals surface area contributed by atoms with E-state index in [0.717, 1.165) is 19.7 Å². The molecule has 1 aromatic carbocycles. The van der Waals surface area contributed by atoms with E-state index in [4.69, 9.17) is 27.9 Å². The fourth-order valence-electron chi connectivity index (χ4n) is 3.39. The third-order valence-electron chi connectivity index (χ3n) is 4.28. The highest BCUT2D eigenvalue weighted by Crippen LogP contribution is 2.62. The molecule has 1 aliphatic heterocycles. The summed E-state index contributed by atoms with van der Waals surface area (Å²) in [4.78, 5) is 0. The first-order valence-corrected chi connectivity index (χ1v) is 6.61. The highest BCUT2D eigenvalue weighted by Gasteiger charge is 2.67. The second-order valence-corrected chi connectivity index (χ2v) is 5.78. The Labute approximate surface area is 111 Å². The minimum absolute atomic E-state index is 0.226. The van der Waals surface area contributed by atoms with Gasteiger partial charge in [-0.3, -0.25) is 0 Å². The van der Waals surface area contributed by atoms with Crippen LogP contribution < -0.4 is 5.32 Å². The van der Waals surface area contributed by atoms with Crippen molar-refractivity contribution in [2.24, 2.45) is 11.8 Å². The topological polar surface area (TPSA) is 21.3 Å². The lowest BCUT2D eigenvalue weighted by molar-refractivity contribution is 0.172. The maximum Gasteiger partial charge on any atom is 0.0595 e. The number of halogens is 2. The summed E-state index contributed by atoms with van der Waals surface area (Å²) < 4.78 is 5.32. The van der Waals surface area contributed by atoms with E-state index in [1.165, 1.54) is 5.56 Å². The first kappa shape index (κ1) is 11.8. The number of fused-ring (bicyclic) bond motifs is 1. The largest absolute Gasteiger partial charge is 0.384 e. The average molecular weight is 272 g/mol. The smallest absolute Gasteiger partial charge is 0.0595 e. The Morgan fingerprint density at radius 1 is 1.41 bits per heavy atom. The number of nitrogens with one attached hydrogen (secondary N) is 1. The molecular weight excluding hydrogens is 257 g/mol. The molecule has 4 heteroatoms. The van der Waals surface area contributed by atoms with Crippen molar-refractivity contribution in [1.29, 1.82) is 0 Å². The van der Waals surface area contributed by atoms with Gasteiger partial charge in [0.05, 0.1) is 16.7 Å². The van der Waals surface area contributed by atoms with Crippen LogP contribution >= 0.6 is 23.2 Å². The summed E-state index contributed by atoms with van der Waals surface area (Å²) in [6.07, 6.45) is 0. The molecule has 0 radical (unpaired) electrons. The van der Waals surface area contributed by atoms with Gasteiger partial charge in [0.25, 0.3) is 0 Å². The van der Waals surface area contributed by atoms with Gasteiger partial charge in [-0.2, -0.15) is 0 Å². The van der Waals surface area contributed by atoms with Gasteiger partial charge in [-0.25, -0.2) is 0 Å². The molecule has 2 fully saturated rings. The van der Waals surface area contributed by atoms with Crippen molar-refractivity contribution < 1.29 is 4.74 Å². The lowest BCUT2D eigenvalue weighted by atomic mass is 9.93. The Balaban J connectivity index is 1.94. The minimum Gasteiger partial charge on any atom is -0.384 e. The van der Waals surface area contributed by atoms with E-state index in [1.807, 2.05) is 12.1 Å². The summed E-state index contributed by atoms with van der Waals surface area (Å²) >= 11 is 12.1. The standard InChI is InChI=1S/C13H15Cl2NO/c1-17-6-10-9-5-16-7-13(9,10)8-2-3-11(14)12(15)4-8/h2-4,9-10,16H,5-7H2,1H3/t9-,10-,13+/m1/s1. The van der Waals surface area contributed by atoms with Gasteiger partial charge >= 0.3 is 0 Å². The average Bonchev–Trinajstić information content (AvgIpc) is 2.72. The van der Waals surface area contributed by atoms with Gasteiger partial charge < -0.3 is 10.1 Å². The predicted octanol–water partition coefficient (Wildman–Crippen LogP) is 2.73. The van der Waals surface area contributed by atoms with Crippen LogP contribution in [0.15, 0.2) is 18.2 Å². The maximum atomic E-state index is 6.11. The molecule has 2 aliphatic rings. The lowest BCUT2D eigenvalue weighted by Gasteiger charge is -2.16. The summed E-state index contributed by atoms with van der Waals surface area (Å²) in [5.41, 5.74) is 1.52. The Bertz CT molecular complexity index is 451. The van der Waals surface area contributed by atoms with E-state index >= 15 is 0 Å². The number of methoxy groups -OCH3 is 1. The Morgan fingerprint density at radius 2 is 2.24 bits per heavy atom. The fourth-order valence-corrected chi connectivity index (χ4v) is 3.68. The molecule has 3 rings (SSSR count). The number of benzene rings is 1. The molecule has 17 heavy (non-hydrogen) atoms. The lowest BCUT2D eigenvalue weighted by Crippen LogP contribution is -2.25. The van der Waals surface area contributed by atoms with E-state index in [-0.39, 0.29) is 5.41 Å². The number of rotatable bonds is 3. The van der Waals surface area contributed by atoms with Crippen LogP contribution in [-0.2, 0) is 10.2 Å². The van der Waals surface area contributed by atoms with Gasteiger partial charge in [0, 0.05) is 19.1 Å². The van der Waals surface area contributed by atoms with Crippen molar-refractivity contribution in [2.75, 3.05) is 26.8 Å². The van der Waals surface area contributed by atoms with Crippen molar-refractivity contribution in [3.8, 4) is 0 Å². The van der Waals surface area contributed by atoms with E-state index in [9.17, 15) is 0 Å². The van der Waals surface area contributed by atoms with Crippen molar-refractivity contribution in [1.82, 2.24) is 5.32 Å². The molecule has 0 bridgehead atoms. The normalized spacial score (nSPS) is 34.8. The number of hydrogen-bond acceptors (Lipinski definition) is 2. The van der Waals surface area contributed by atoms with E-state index < -0.39 is 0 Å². The monoisotopic (exact) mass is 271 g/mol. The Hall–Kier alpha value is -0.280. The van der Waals surface area contributed by atoms with Gasteiger partial charge in [0.2, 0.25) is 0 Å². The van der Waals surface area contributed by atoms with Crippen LogP contribution in [0.5, 0.6) is 0 Å². The highest BCUT2D eigenvalue weighted by atomic mass is 35.5. The highest BCUT2D eigenvalue weighted by molar-refractivity contribution is 6.42. The van der Waals surface area contributed by atoms with E-state index in [2.05, 4.69) is 11.4 Å². The summed E-state index contributed by atoms with van der Waals surface area (Å²) in [7, 11) is 1.77. The molecule has 0 amide bonds. The van der Waals surface area contributed by atoms with Crippen molar-refractivity contribution in [2.45, 2.75) is 5.41 Å². The molecule has 0 aromatic heterocycles. The second kappa shape index (κ2) is 4.13. The van der Waals surface area contributed by atoms with Crippen molar-refractivity contribution in [3.63, 3.8) is 0 Å². The first-order valence-electron chi connectivity index (χ1n) is 5.85. The molecule has 1 aromatic rings. The van der Waals surface area contributed by atoms with Crippen LogP contribution in [-0.4, -0.2) is 26.8 Å². The zero-order valence-electron chi connectivity index (χ0n) is 9.67. The van der Waals surface area contributed by atoms with Crippen LogP contribution in [0.1, 0.15) is 5.56 Å². The zero-order valence-corrected chi connectivity index (χ0v) is 11.2. The van der Waals surface area contributed by atoms with Crippen LogP contribution in [0.2, 0.25) is 10.0 Å². The molecule has 0 spiro atoms. The molecule has 92 valence electrons. The summed E-state index contributed by atoms with van der Waals surface area (Å²) in [5, 5.41) is 4.72. The Kier molecular flexibility index (Phi) is 2.86. The summed E-state index contributed by atoms with van der Waals surface area (Å²) in [5.74, 6) is 1.30. The van der Waals surface area contributed by atoms with Crippen LogP contribution in [0.3, 0.4) is 0 Å². The first-order chi connectivity index (χ1) is 8.20. The SMILES string of the molecule is COC[C@@H]1[C@H]2CNC[C@]21c1ccc(Cl)c(Cl)c1. The predicted molar refractivity (Wildman–Crippen MR) is 69.9 cm³/mol. The molecule has 1 saturated carbocycles. The number of ether oxygens (including phenoxy) is 1.